The van der Waals surface area contributed by atoms with Crippen molar-refractivity contribution in [1.82, 2.24) is 29.9 Å². The van der Waals surface area contributed by atoms with Crippen molar-refractivity contribution >= 4 is 36.0 Å². The number of ether oxygens (including phenoxy) is 2. The molecule has 0 spiro atoms. The largest absolute Gasteiger partial charge is 0.450 e. The Labute approximate surface area is 183 Å². The molecule has 1 N–H and O–H groups in total. The monoisotopic (exact) mass is 509 g/mol. The van der Waals surface area contributed by atoms with Crippen LogP contribution in [-0.2, 0) is 23.1 Å². The van der Waals surface area contributed by atoms with Crippen molar-refractivity contribution < 1.29 is 14.3 Å². The zero-order valence-electron chi connectivity index (χ0n) is 17.2. The van der Waals surface area contributed by atoms with Gasteiger partial charge in [-0.05, 0) is 20.3 Å². The summed E-state index contributed by atoms with van der Waals surface area (Å²) >= 11 is 0. The van der Waals surface area contributed by atoms with Crippen LogP contribution in [0.3, 0.4) is 0 Å². The molecule has 1 aliphatic rings. The number of piperazine rings is 1. The highest BCUT2D eigenvalue weighted by atomic mass is 127. The quantitative estimate of drug-likeness (QED) is 0.254. The average molecular weight is 509 g/mol. The van der Waals surface area contributed by atoms with Crippen LogP contribution in [-0.4, -0.2) is 89.7 Å². The molecule has 0 radical (unpaired) electrons. The molecular formula is C17H32IN7O3. The van der Waals surface area contributed by atoms with Crippen LogP contribution in [0.1, 0.15) is 25.0 Å². The average Bonchev–Trinajstić information content (AvgIpc) is 3.00. The Kier molecular flexibility index (Phi) is 11.1. The van der Waals surface area contributed by atoms with Crippen molar-refractivity contribution in [3.63, 3.8) is 0 Å². The Morgan fingerprint density at radius 1 is 1.21 bits per heavy atom. The molecular weight excluding hydrogens is 477 g/mol. The van der Waals surface area contributed by atoms with Gasteiger partial charge in [-0.3, -0.25) is 0 Å². The van der Waals surface area contributed by atoms with Crippen molar-refractivity contribution in [2.45, 2.75) is 26.8 Å². The van der Waals surface area contributed by atoms with Gasteiger partial charge in [-0.2, -0.15) is 0 Å². The van der Waals surface area contributed by atoms with E-state index in [-0.39, 0.29) is 30.1 Å². The van der Waals surface area contributed by atoms with Gasteiger partial charge in [-0.15, -0.1) is 34.2 Å². The molecule has 1 fully saturated rings. The van der Waals surface area contributed by atoms with Gasteiger partial charge in [-0.25, -0.2) is 9.79 Å². The molecule has 0 atom stereocenters. The van der Waals surface area contributed by atoms with Crippen LogP contribution in [0.25, 0.3) is 0 Å². The number of aryl methyl sites for hydroxylation is 1. The van der Waals surface area contributed by atoms with E-state index in [1.54, 1.807) is 12.0 Å². The molecule has 0 aromatic carbocycles. The van der Waals surface area contributed by atoms with Crippen molar-refractivity contribution in [2.24, 2.45) is 12.0 Å². The molecule has 10 nitrogen and oxygen atoms in total. The summed E-state index contributed by atoms with van der Waals surface area (Å²) in [6.45, 7) is 8.66. The fourth-order valence-corrected chi connectivity index (χ4v) is 2.73. The number of carbonyl (C=O) groups is 1. The molecule has 160 valence electrons. The van der Waals surface area contributed by atoms with E-state index < -0.39 is 0 Å². The second kappa shape index (κ2) is 12.8. The van der Waals surface area contributed by atoms with Gasteiger partial charge in [-0.1, -0.05) is 0 Å². The second-order valence-corrected chi connectivity index (χ2v) is 6.31. The molecule has 0 aliphatic carbocycles. The highest BCUT2D eigenvalue weighted by molar-refractivity contribution is 14.0. The number of aliphatic imine (C=N–C) groups is 1. The number of carbonyl (C=O) groups excluding carboxylic acids is 1. The molecule has 1 amide bonds. The van der Waals surface area contributed by atoms with Gasteiger partial charge in [0.25, 0.3) is 0 Å². The lowest BCUT2D eigenvalue weighted by Gasteiger charge is -2.36. The van der Waals surface area contributed by atoms with Gasteiger partial charge in [0.1, 0.15) is 12.4 Å². The third-order valence-electron chi connectivity index (χ3n) is 4.47. The zero-order chi connectivity index (χ0) is 19.6. The maximum atomic E-state index is 11.9. The van der Waals surface area contributed by atoms with Gasteiger partial charge in [0.05, 0.1) is 6.61 Å². The third-order valence-corrected chi connectivity index (χ3v) is 4.47. The second-order valence-electron chi connectivity index (χ2n) is 6.31. The lowest BCUT2D eigenvalue weighted by atomic mass is 10.3. The van der Waals surface area contributed by atoms with E-state index in [0.29, 0.717) is 45.9 Å². The molecule has 1 aromatic rings. The summed E-state index contributed by atoms with van der Waals surface area (Å²) in [5.41, 5.74) is 0. The lowest BCUT2D eigenvalue weighted by molar-refractivity contribution is 0.0914. The number of halogens is 1. The number of nitrogens with zero attached hydrogens (tertiary/aromatic N) is 6. The summed E-state index contributed by atoms with van der Waals surface area (Å²) in [4.78, 5) is 20.5. The van der Waals surface area contributed by atoms with E-state index in [9.17, 15) is 4.79 Å². The fourth-order valence-electron chi connectivity index (χ4n) is 2.73. The molecule has 11 heteroatoms. The van der Waals surface area contributed by atoms with Crippen molar-refractivity contribution in [3.05, 3.63) is 11.6 Å². The SMILES string of the molecule is CCOC(=O)N1CCN(C(=NCc2nnc(C)n2C)NCCCOC)CC1.I. The first-order valence-electron chi connectivity index (χ1n) is 9.35. The van der Waals surface area contributed by atoms with Gasteiger partial charge >= 0.3 is 6.09 Å². The fraction of sp³-hybridized carbons (Fsp3) is 0.765. The van der Waals surface area contributed by atoms with Crippen LogP contribution in [0.15, 0.2) is 4.99 Å². The number of amides is 1. The summed E-state index contributed by atoms with van der Waals surface area (Å²) in [6.07, 6.45) is 0.639. The number of nitrogens with one attached hydrogen (secondary N) is 1. The summed E-state index contributed by atoms with van der Waals surface area (Å²) in [5, 5.41) is 11.6. The molecule has 1 aliphatic heterocycles. The summed E-state index contributed by atoms with van der Waals surface area (Å²) in [7, 11) is 3.63. The minimum Gasteiger partial charge on any atom is -0.450 e. The molecule has 0 unspecified atom stereocenters. The van der Waals surface area contributed by atoms with Gasteiger partial charge in [0.15, 0.2) is 11.8 Å². The predicted molar refractivity (Wildman–Crippen MR) is 117 cm³/mol. The number of guanidine groups is 1. The van der Waals surface area contributed by atoms with E-state index >= 15 is 0 Å². The molecule has 1 saturated heterocycles. The maximum absolute atomic E-state index is 11.9. The minimum absolute atomic E-state index is 0. The zero-order valence-corrected chi connectivity index (χ0v) is 19.5. The third kappa shape index (κ3) is 7.08. The Hall–Kier alpha value is -1.63. The van der Waals surface area contributed by atoms with Crippen LogP contribution >= 0.6 is 24.0 Å². The Morgan fingerprint density at radius 2 is 1.89 bits per heavy atom. The van der Waals surface area contributed by atoms with Crippen LogP contribution in [0, 0.1) is 6.92 Å². The Balaban J connectivity index is 0.00000392. The number of hydrogen-bond donors (Lipinski definition) is 1. The van der Waals surface area contributed by atoms with Crippen molar-refractivity contribution in [1.29, 1.82) is 0 Å². The van der Waals surface area contributed by atoms with Gasteiger partial charge in [0.2, 0.25) is 0 Å². The standard InChI is InChI=1S/C17H31N7O3.HI/c1-5-27-17(25)24-10-8-23(9-11-24)16(18-7-6-12-26-4)19-13-15-21-20-14(2)22(15)3;/h5-13H2,1-4H3,(H,18,19);1H. The van der Waals surface area contributed by atoms with Crippen LogP contribution in [0.4, 0.5) is 4.79 Å². The number of methoxy groups -OCH3 is 1. The normalized spacial score (nSPS) is 14.6. The van der Waals surface area contributed by atoms with E-state index in [1.807, 2.05) is 25.5 Å². The number of aromatic nitrogens is 3. The Bertz CT molecular complexity index is 630. The van der Waals surface area contributed by atoms with Crippen molar-refractivity contribution in [2.75, 3.05) is 53.0 Å². The molecule has 2 heterocycles. The van der Waals surface area contributed by atoms with E-state index in [4.69, 9.17) is 14.5 Å². The van der Waals surface area contributed by atoms with E-state index in [0.717, 1.165) is 30.6 Å². The Morgan fingerprint density at radius 3 is 2.46 bits per heavy atom. The molecule has 0 saturated carbocycles. The molecule has 1 aromatic heterocycles. The van der Waals surface area contributed by atoms with Crippen LogP contribution in [0.2, 0.25) is 0 Å². The first kappa shape index (κ1) is 24.4. The van der Waals surface area contributed by atoms with E-state index in [1.165, 1.54) is 0 Å². The van der Waals surface area contributed by atoms with Crippen molar-refractivity contribution in [3.8, 4) is 0 Å². The number of rotatable bonds is 7. The summed E-state index contributed by atoms with van der Waals surface area (Å²) in [6, 6.07) is 0. The summed E-state index contributed by atoms with van der Waals surface area (Å²) in [5.74, 6) is 2.49. The predicted octanol–water partition coefficient (Wildman–Crippen LogP) is 0.998. The highest BCUT2D eigenvalue weighted by Crippen LogP contribution is 2.06. The highest BCUT2D eigenvalue weighted by Gasteiger charge is 2.23. The topological polar surface area (TPSA) is 97.1 Å². The van der Waals surface area contributed by atoms with Gasteiger partial charge < -0.3 is 29.2 Å². The van der Waals surface area contributed by atoms with E-state index in [2.05, 4.69) is 20.4 Å². The van der Waals surface area contributed by atoms with Crippen LogP contribution in [0.5, 0.6) is 0 Å². The number of hydrogen-bond acceptors (Lipinski definition) is 6. The minimum atomic E-state index is -0.252. The first-order valence-corrected chi connectivity index (χ1v) is 9.35. The van der Waals surface area contributed by atoms with Crippen LogP contribution < -0.4 is 5.32 Å². The summed E-state index contributed by atoms with van der Waals surface area (Å²) < 4.78 is 12.1. The molecule has 28 heavy (non-hydrogen) atoms. The van der Waals surface area contributed by atoms with Gasteiger partial charge in [0, 0.05) is 53.5 Å². The molecule has 0 bridgehead atoms. The molecule has 2 rings (SSSR count). The first-order chi connectivity index (χ1) is 13.1. The lowest BCUT2D eigenvalue weighted by Crippen LogP contribution is -2.54. The maximum Gasteiger partial charge on any atom is 0.409 e. The smallest absolute Gasteiger partial charge is 0.409 e.